The van der Waals surface area contributed by atoms with Crippen LogP contribution in [-0.2, 0) is 6.54 Å². The van der Waals surface area contributed by atoms with Gasteiger partial charge in [0, 0.05) is 30.2 Å². The fourth-order valence-electron chi connectivity index (χ4n) is 2.66. The summed E-state index contributed by atoms with van der Waals surface area (Å²) in [4.78, 5) is 12.8. The van der Waals surface area contributed by atoms with Crippen molar-refractivity contribution >= 4 is 17.3 Å². The zero-order valence-electron chi connectivity index (χ0n) is 11.1. The van der Waals surface area contributed by atoms with E-state index in [0.29, 0.717) is 11.6 Å². The molecule has 5 heteroatoms. The molecular formula is C14H19ClN2O2. The molecule has 0 N–H and O–H groups in total. The van der Waals surface area contributed by atoms with Crippen LogP contribution < -0.4 is 0 Å². The fraction of sp³-hybridized carbons (Fsp3) is 0.571. The summed E-state index contributed by atoms with van der Waals surface area (Å²) in [6.07, 6.45) is 3.68. The summed E-state index contributed by atoms with van der Waals surface area (Å²) in [5, 5.41) is 11.4. The molecule has 0 spiro atoms. The van der Waals surface area contributed by atoms with Gasteiger partial charge in [-0.05, 0) is 36.9 Å². The van der Waals surface area contributed by atoms with Gasteiger partial charge in [-0.3, -0.25) is 15.0 Å². The Hall–Kier alpha value is -1.13. The molecule has 0 amide bonds. The molecule has 104 valence electrons. The zero-order valence-corrected chi connectivity index (χ0v) is 11.9. The number of benzene rings is 1. The Kier molecular flexibility index (Phi) is 4.77. The quantitative estimate of drug-likeness (QED) is 0.622. The van der Waals surface area contributed by atoms with Crippen molar-refractivity contribution < 1.29 is 4.92 Å². The molecule has 1 aliphatic heterocycles. The average Bonchev–Trinajstić information content (AvgIpc) is 2.41. The molecule has 19 heavy (non-hydrogen) atoms. The molecule has 1 aromatic carbocycles. The molecule has 0 aromatic heterocycles. The van der Waals surface area contributed by atoms with Crippen LogP contribution in [0.25, 0.3) is 0 Å². The number of halogens is 1. The minimum Gasteiger partial charge on any atom is -0.299 e. The number of non-ortho nitro benzene ring substituents is 1. The van der Waals surface area contributed by atoms with Gasteiger partial charge in [0.15, 0.2) is 0 Å². The first-order valence-electron chi connectivity index (χ1n) is 6.75. The van der Waals surface area contributed by atoms with E-state index >= 15 is 0 Å². The molecule has 1 saturated heterocycles. The Morgan fingerprint density at radius 1 is 1.53 bits per heavy atom. The largest absolute Gasteiger partial charge is 0.299 e. The third-order valence-electron chi connectivity index (χ3n) is 3.81. The molecule has 0 bridgehead atoms. The minimum atomic E-state index is -0.370. The molecular weight excluding hydrogens is 264 g/mol. The van der Waals surface area contributed by atoms with Gasteiger partial charge >= 0.3 is 0 Å². The molecule has 1 fully saturated rings. The SMILES string of the molecule is CCC1CCCN(Cc2cc([N+](=O)[O-])ccc2Cl)C1. The van der Waals surface area contributed by atoms with Gasteiger partial charge in [-0.25, -0.2) is 0 Å². The molecule has 1 heterocycles. The third kappa shape index (κ3) is 3.67. The predicted molar refractivity (Wildman–Crippen MR) is 76.4 cm³/mol. The van der Waals surface area contributed by atoms with Gasteiger partial charge < -0.3 is 0 Å². The van der Waals surface area contributed by atoms with Crippen molar-refractivity contribution in [3.8, 4) is 0 Å². The maximum Gasteiger partial charge on any atom is 0.269 e. The maximum absolute atomic E-state index is 10.8. The van der Waals surface area contributed by atoms with Crippen LogP contribution >= 0.6 is 11.6 Å². The Bertz CT molecular complexity index is 465. The Balaban J connectivity index is 2.09. The molecule has 4 nitrogen and oxygen atoms in total. The molecule has 1 unspecified atom stereocenters. The second kappa shape index (κ2) is 6.35. The highest BCUT2D eigenvalue weighted by molar-refractivity contribution is 6.31. The highest BCUT2D eigenvalue weighted by atomic mass is 35.5. The normalized spacial score (nSPS) is 20.4. The van der Waals surface area contributed by atoms with Gasteiger partial charge in [0.05, 0.1) is 4.92 Å². The van der Waals surface area contributed by atoms with Gasteiger partial charge in [0.25, 0.3) is 5.69 Å². The predicted octanol–water partition coefficient (Wildman–Crippen LogP) is 3.87. The molecule has 1 aromatic rings. The first-order chi connectivity index (χ1) is 9.10. The molecule has 0 aliphatic carbocycles. The van der Waals surface area contributed by atoms with Crippen molar-refractivity contribution in [1.82, 2.24) is 4.90 Å². The van der Waals surface area contributed by atoms with Crippen LogP contribution in [0.2, 0.25) is 5.02 Å². The Morgan fingerprint density at radius 2 is 2.32 bits per heavy atom. The lowest BCUT2D eigenvalue weighted by atomic mass is 9.95. The lowest BCUT2D eigenvalue weighted by molar-refractivity contribution is -0.384. The van der Waals surface area contributed by atoms with E-state index in [9.17, 15) is 10.1 Å². The second-order valence-electron chi connectivity index (χ2n) is 5.18. The number of hydrogen-bond donors (Lipinski definition) is 0. The first-order valence-corrected chi connectivity index (χ1v) is 7.13. The van der Waals surface area contributed by atoms with Crippen LogP contribution in [0.15, 0.2) is 18.2 Å². The number of piperidine rings is 1. The highest BCUT2D eigenvalue weighted by Gasteiger charge is 2.20. The van der Waals surface area contributed by atoms with Crippen LogP contribution in [0.5, 0.6) is 0 Å². The number of hydrogen-bond acceptors (Lipinski definition) is 3. The van der Waals surface area contributed by atoms with Crippen LogP contribution in [0.1, 0.15) is 31.7 Å². The van der Waals surface area contributed by atoms with Crippen molar-refractivity contribution in [2.75, 3.05) is 13.1 Å². The number of likely N-dealkylation sites (tertiary alicyclic amines) is 1. The van der Waals surface area contributed by atoms with Crippen molar-refractivity contribution in [1.29, 1.82) is 0 Å². The Labute approximate surface area is 118 Å². The van der Waals surface area contributed by atoms with Gasteiger partial charge in [-0.1, -0.05) is 24.9 Å². The molecule has 2 rings (SSSR count). The summed E-state index contributed by atoms with van der Waals surface area (Å²) >= 11 is 6.14. The van der Waals surface area contributed by atoms with Crippen molar-refractivity contribution in [2.45, 2.75) is 32.7 Å². The lowest BCUT2D eigenvalue weighted by Crippen LogP contribution is -2.34. The summed E-state index contributed by atoms with van der Waals surface area (Å²) in [6.45, 7) is 5.04. The maximum atomic E-state index is 10.8. The topological polar surface area (TPSA) is 46.4 Å². The van der Waals surface area contributed by atoms with Crippen molar-refractivity contribution in [2.24, 2.45) is 5.92 Å². The summed E-state index contributed by atoms with van der Waals surface area (Å²) in [5.41, 5.74) is 0.969. The van der Waals surface area contributed by atoms with E-state index in [2.05, 4.69) is 11.8 Å². The standard InChI is InChI=1S/C14H19ClN2O2/c1-2-11-4-3-7-16(9-11)10-12-8-13(17(18)19)5-6-14(12)15/h5-6,8,11H,2-4,7,9-10H2,1H3. The van der Waals surface area contributed by atoms with E-state index < -0.39 is 0 Å². The smallest absolute Gasteiger partial charge is 0.269 e. The fourth-order valence-corrected chi connectivity index (χ4v) is 2.84. The molecule has 0 saturated carbocycles. The van der Waals surface area contributed by atoms with Crippen LogP contribution in [0.4, 0.5) is 5.69 Å². The van der Waals surface area contributed by atoms with Gasteiger partial charge in [0.1, 0.15) is 0 Å². The van der Waals surface area contributed by atoms with E-state index in [1.54, 1.807) is 12.1 Å². The van der Waals surface area contributed by atoms with Crippen LogP contribution in [-0.4, -0.2) is 22.9 Å². The number of nitro benzene ring substituents is 1. The number of rotatable bonds is 4. The van der Waals surface area contributed by atoms with E-state index in [1.807, 2.05) is 0 Å². The number of nitro groups is 1. The molecule has 1 aliphatic rings. The van der Waals surface area contributed by atoms with E-state index in [1.165, 1.54) is 25.3 Å². The zero-order chi connectivity index (χ0) is 13.8. The van der Waals surface area contributed by atoms with Crippen molar-refractivity contribution in [3.05, 3.63) is 38.9 Å². The van der Waals surface area contributed by atoms with Crippen LogP contribution in [0, 0.1) is 16.0 Å². The van der Waals surface area contributed by atoms with Gasteiger partial charge in [-0.15, -0.1) is 0 Å². The summed E-state index contributed by atoms with van der Waals surface area (Å²) in [5.74, 6) is 0.742. The van der Waals surface area contributed by atoms with E-state index in [-0.39, 0.29) is 10.6 Å². The number of nitrogens with zero attached hydrogens (tertiary/aromatic N) is 2. The highest BCUT2D eigenvalue weighted by Crippen LogP contribution is 2.26. The van der Waals surface area contributed by atoms with Gasteiger partial charge in [0.2, 0.25) is 0 Å². The monoisotopic (exact) mass is 282 g/mol. The Morgan fingerprint density at radius 3 is 3.00 bits per heavy atom. The first kappa shape index (κ1) is 14.3. The van der Waals surface area contributed by atoms with Crippen molar-refractivity contribution in [3.63, 3.8) is 0 Å². The van der Waals surface area contributed by atoms with Gasteiger partial charge in [-0.2, -0.15) is 0 Å². The molecule has 1 atom stereocenters. The average molecular weight is 283 g/mol. The summed E-state index contributed by atoms with van der Waals surface area (Å²) in [7, 11) is 0. The summed E-state index contributed by atoms with van der Waals surface area (Å²) in [6, 6.07) is 4.67. The minimum absolute atomic E-state index is 0.114. The summed E-state index contributed by atoms with van der Waals surface area (Å²) < 4.78 is 0. The third-order valence-corrected chi connectivity index (χ3v) is 4.18. The van der Waals surface area contributed by atoms with E-state index in [4.69, 9.17) is 11.6 Å². The van der Waals surface area contributed by atoms with E-state index in [0.717, 1.165) is 24.6 Å². The van der Waals surface area contributed by atoms with Crippen LogP contribution in [0.3, 0.4) is 0 Å². The molecule has 0 radical (unpaired) electrons. The second-order valence-corrected chi connectivity index (χ2v) is 5.59. The lowest BCUT2D eigenvalue weighted by Gasteiger charge is -2.32.